The zero-order valence-electron chi connectivity index (χ0n) is 9.82. The molecule has 5 heteroatoms. The van der Waals surface area contributed by atoms with E-state index in [-0.39, 0.29) is 12.6 Å². The van der Waals surface area contributed by atoms with Crippen molar-refractivity contribution in [2.24, 2.45) is 5.92 Å². The molecule has 0 aromatic carbocycles. The van der Waals surface area contributed by atoms with Crippen molar-refractivity contribution < 1.29 is 9.59 Å². The highest BCUT2D eigenvalue weighted by molar-refractivity contribution is 6.35. The van der Waals surface area contributed by atoms with Crippen molar-refractivity contribution in [1.29, 1.82) is 5.26 Å². The molecule has 17 heavy (non-hydrogen) atoms. The Kier molecular flexibility index (Phi) is 3.62. The molecule has 1 saturated heterocycles. The van der Waals surface area contributed by atoms with Gasteiger partial charge in [0.2, 0.25) is 0 Å². The number of rotatable bonds is 1. The first-order chi connectivity index (χ1) is 8.24. The Bertz CT molecular complexity index is 361. The number of amides is 2. The number of piperidine rings is 1. The Morgan fingerprint density at radius 3 is 2.82 bits per heavy atom. The van der Waals surface area contributed by atoms with Crippen LogP contribution in [0.5, 0.6) is 0 Å². The maximum Gasteiger partial charge on any atom is 0.312 e. The van der Waals surface area contributed by atoms with E-state index in [1.54, 1.807) is 11.0 Å². The summed E-state index contributed by atoms with van der Waals surface area (Å²) in [5, 5.41) is 10.7. The Balaban J connectivity index is 1.98. The number of hydrogen-bond acceptors (Lipinski definition) is 3. The smallest absolute Gasteiger partial charge is 0.312 e. The average Bonchev–Trinajstić information content (AvgIpc) is 2.82. The summed E-state index contributed by atoms with van der Waals surface area (Å²) in [5.74, 6) is -0.521. The molecule has 2 atom stereocenters. The fraction of sp³-hybridized carbons (Fsp3) is 0.750. The van der Waals surface area contributed by atoms with Gasteiger partial charge in [-0.25, -0.2) is 0 Å². The summed E-state index contributed by atoms with van der Waals surface area (Å²) in [6, 6.07) is 2.05. The maximum atomic E-state index is 12.0. The van der Waals surface area contributed by atoms with Crippen LogP contribution in [0.15, 0.2) is 0 Å². The van der Waals surface area contributed by atoms with Crippen LogP contribution in [0.1, 0.15) is 32.1 Å². The second-order valence-corrected chi connectivity index (χ2v) is 4.74. The molecule has 0 radical (unpaired) electrons. The highest BCUT2D eigenvalue weighted by Crippen LogP contribution is 2.36. The average molecular weight is 235 g/mol. The van der Waals surface area contributed by atoms with Crippen LogP contribution in [-0.2, 0) is 9.59 Å². The van der Waals surface area contributed by atoms with Crippen LogP contribution >= 0.6 is 0 Å². The number of hydrogen-bond donors (Lipinski definition) is 1. The first-order valence-corrected chi connectivity index (χ1v) is 6.20. The van der Waals surface area contributed by atoms with Crippen LogP contribution < -0.4 is 5.32 Å². The Morgan fingerprint density at radius 1 is 1.29 bits per heavy atom. The van der Waals surface area contributed by atoms with E-state index < -0.39 is 11.8 Å². The van der Waals surface area contributed by atoms with Gasteiger partial charge in [0.05, 0.1) is 6.07 Å². The van der Waals surface area contributed by atoms with Crippen molar-refractivity contribution in [3.63, 3.8) is 0 Å². The Morgan fingerprint density at radius 2 is 2.06 bits per heavy atom. The van der Waals surface area contributed by atoms with E-state index in [1.165, 1.54) is 12.8 Å². The lowest BCUT2D eigenvalue weighted by Gasteiger charge is -2.37. The topological polar surface area (TPSA) is 73.2 Å². The number of fused-ring (bicyclic) bond motifs is 1. The molecule has 1 saturated carbocycles. The lowest BCUT2D eigenvalue weighted by molar-refractivity contribution is -0.148. The second kappa shape index (κ2) is 5.17. The minimum atomic E-state index is -0.640. The molecule has 92 valence electrons. The molecule has 1 aliphatic heterocycles. The molecular weight excluding hydrogens is 218 g/mol. The first-order valence-electron chi connectivity index (χ1n) is 6.20. The minimum absolute atomic E-state index is 0.105. The van der Waals surface area contributed by atoms with Crippen molar-refractivity contribution in [3.05, 3.63) is 0 Å². The largest absolute Gasteiger partial charge is 0.335 e. The zero-order chi connectivity index (χ0) is 12.3. The maximum absolute atomic E-state index is 12.0. The van der Waals surface area contributed by atoms with E-state index >= 15 is 0 Å². The molecule has 2 amide bonds. The van der Waals surface area contributed by atoms with Crippen LogP contribution in [0.2, 0.25) is 0 Å². The van der Waals surface area contributed by atoms with E-state index in [9.17, 15) is 9.59 Å². The van der Waals surface area contributed by atoms with E-state index in [4.69, 9.17) is 5.26 Å². The van der Waals surface area contributed by atoms with Gasteiger partial charge in [-0.1, -0.05) is 6.42 Å². The van der Waals surface area contributed by atoms with Gasteiger partial charge in [0.25, 0.3) is 0 Å². The van der Waals surface area contributed by atoms with Gasteiger partial charge in [-0.2, -0.15) is 5.26 Å². The second-order valence-electron chi connectivity index (χ2n) is 4.74. The predicted molar refractivity (Wildman–Crippen MR) is 60.7 cm³/mol. The lowest BCUT2D eigenvalue weighted by atomic mass is 9.92. The van der Waals surface area contributed by atoms with Crippen molar-refractivity contribution >= 4 is 11.8 Å². The van der Waals surface area contributed by atoms with Crippen LogP contribution in [0.3, 0.4) is 0 Å². The van der Waals surface area contributed by atoms with Crippen LogP contribution in [0.25, 0.3) is 0 Å². The molecule has 0 spiro atoms. The number of nitrogens with one attached hydrogen (secondary N) is 1. The van der Waals surface area contributed by atoms with Crippen molar-refractivity contribution in [2.45, 2.75) is 38.1 Å². The third-order valence-electron chi connectivity index (χ3n) is 3.78. The summed E-state index contributed by atoms with van der Waals surface area (Å²) in [6.07, 6.45) is 5.50. The summed E-state index contributed by atoms with van der Waals surface area (Å²) >= 11 is 0. The van der Waals surface area contributed by atoms with Crippen molar-refractivity contribution in [2.75, 3.05) is 13.1 Å². The van der Waals surface area contributed by atoms with Crippen LogP contribution in [0.4, 0.5) is 0 Å². The highest BCUT2D eigenvalue weighted by Gasteiger charge is 2.38. The van der Waals surface area contributed by atoms with Gasteiger partial charge < -0.3 is 10.2 Å². The standard InChI is InChI=1S/C12H17N3O2/c13-6-7-14-11(16)12(17)15-8-2-4-9-3-1-5-10(9)15/h9-10H,1-5,7-8H2,(H,14,16). The molecular formula is C12H17N3O2. The molecule has 2 aliphatic rings. The SMILES string of the molecule is N#CCNC(=O)C(=O)N1CCCC2CCCC21. The normalized spacial score (nSPS) is 27.1. The number of carbonyl (C=O) groups is 2. The minimum Gasteiger partial charge on any atom is -0.335 e. The summed E-state index contributed by atoms with van der Waals surface area (Å²) < 4.78 is 0. The molecule has 2 unspecified atom stereocenters. The Hall–Kier alpha value is -1.57. The lowest BCUT2D eigenvalue weighted by Crippen LogP contribution is -2.51. The number of nitriles is 1. The molecule has 5 nitrogen and oxygen atoms in total. The number of carbonyl (C=O) groups excluding carboxylic acids is 2. The summed E-state index contributed by atoms with van der Waals surface area (Å²) in [5.41, 5.74) is 0. The summed E-state index contributed by atoms with van der Waals surface area (Å²) in [6.45, 7) is 0.576. The molecule has 0 aromatic rings. The monoisotopic (exact) mass is 235 g/mol. The van der Waals surface area contributed by atoms with Gasteiger partial charge in [-0.15, -0.1) is 0 Å². The van der Waals surface area contributed by atoms with E-state index in [0.717, 1.165) is 19.3 Å². The van der Waals surface area contributed by atoms with Gasteiger partial charge in [0, 0.05) is 12.6 Å². The zero-order valence-corrected chi connectivity index (χ0v) is 9.82. The molecule has 1 heterocycles. The predicted octanol–water partition coefficient (Wildman–Crippen LogP) is 0.417. The molecule has 0 aromatic heterocycles. The van der Waals surface area contributed by atoms with Crippen molar-refractivity contribution in [1.82, 2.24) is 10.2 Å². The summed E-state index contributed by atoms with van der Waals surface area (Å²) in [7, 11) is 0. The van der Waals surface area contributed by atoms with Gasteiger partial charge in [0.1, 0.15) is 6.54 Å². The fourth-order valence-electron chi connectivity index (χ4n) is 3.03. The van der Waals surface area contributed by atoms with E-state index in [1.807, 2.05) is 0 Å². The number of nitrogens with zero attached hydrogens (tertiary/aromatic N) is 2. The van der Waals surface area contributed by atoms with Gasteiger partial charge >= 0.3 is 11.8 Å². The van der Waals surface area contributed by atoms with Crippen LogP contribution in [-0.4, -0.2) is 35.8 Å². The van der Waals surface area contributed by atoms with E-state index in [0.29, 0.717) is 12.5 Å². The fourth-order valence-corrected chi connectivity index (χ4v) is 3.03. The van der Waals surface area contributed by atoms with Gasteiger partial charge in [0.15, 0.2) is 0 Å². The highest BCUT2D eigenvalue weighted by atomic mass is 16.2. The quantitative estimate of drug-likeness (QED) is 0.528. The third kappa shape index (κ3) is 2.41. The van der Waals surface area contributed by atoms with Gasteiger partial charge in [-0.05, 0) is 31.6 Å². The van der Waals surface area contributed by atoms with E-state index in [2.05, 4.69) is 5.32 Å². The molecule has 1 aliphatic carbocycles. The Labute approximate surface area is 101 Å². The molecule has 2 rings (SSSR count). The number of likely N-dealkylation sites (tertiary alicyclic amines) is 1. The molecule has 1 N–H and O–H groups in total. The third-order valence-corrected chi connectivity index (χ3v) is 3.78. The van der Waals surface area contributed by atoms with Crippen LogP contribution in [0, 0.1) is 17.2 Å². The summed E-state index contributed by atoms with van der Waals surface area (Å²) in [4.78, 5) is 25.2. The first kappa shape index (κ1) is 11.9. The molecule has 0 bridgehead atoms. The van der Waals surface area contributed by atoms with Crippen molar-refractivity contribution in [3.8, 4) is 6.07 Å². The van der Waals surface area contributed by atoms with Gasteiger partial charge in [-0.3, -0.25) is 9.59 Å². The molecule has 2 fully saturated rings.